The summed E-state index contributed by atoms with van der Waals surface area (Å²) in [6.45, 7) is 7.03. The lowest BCUT2D eigenvalue weighted by atomic mass is 10.1. The third-order valence-electron chi connectivity index (χ3n) is 2.65. The molecule has 3 heteroatoms. The van der Waals surface area contributed by atoms with Crippen molar-refractivity contribution in [2.75, 3.05) is 6.54 Å². The molecule has 84 valence electrons. The van der Waals surface area contributed by atoms with Crippen LogP contribution in [0.15, 0.2) is 0 Å². The SMILES string of the molecule is CCC(CC)NCCCC(C)C(=O)O. The van der Waals surface area contributed by atoms with Crippen molar-refractivity contribution in [3.05, 3.63) is 0 Å². The minimum absolute atomic E-state index is 0.210. The summed E-state index contributed by atoms with van der Waals surface area (Å²) in [5, 5.41) is 12.1. The van der Waals surface area contributed by atoms with E-state index in [2.05, 4.69) is 19.2 Å². The summed E-state index contributed by atoms with van der Waals surface area (Å²) in [4.78, 5) is 10.5. The van der Waals surface area contributed by atoms with Gasteiger partial charge in [-0.3, -0.25) is 4.79 Å². The zero-order valence-electron chi connectivity index (χ0n) is 9.55. The van der Waals surface area contributed by atoms with Crippen LogP contribution in [0.3, 0.4) is 0 Å². The first kappa shape index (κ1) is 13.4. The molecule has 0 aromatic rings. The van der Waals surface area contributed by atoms with Crippen molar-refractivity contribution in [1.82, 2.24) is 5.32 Å². The van der Waals surface area contributed by atoms with Gasteiger partial charge in [0, 0.05) is 6.04 Å². The van der Waals surface area contributed by atoms with Crippen LogP contribution in [0.4, 0.5) is 0 Å². The normalized spacial score (nSPS) is 13.1. The molecule has 1 atom stereocenters. The molecule has 0 spiro atoms. The van der Waals surface area contributed by atoms with E-state index in [1.165, 1.54) is 0 Å². The van der Waals surface area contributed by atoms with Gasteiger partial charge in [-0.15, -0.1) is 0 Å². The van der Waals surface area contributed by atoms with Crippen molar-refractivity contribution in [2.45, 2.75) is 52.5 Å². The Morgan fingerprint density at radius 1 is 1.36 bits per heavy atom. The quantitative estimate of drug-likeness (QED) is 0.592. The largest absolute Gasteiger partial charge is 0.481 e. The summed E-state index contributed by atoms with van der Waals surface area (Å²) in [7, 11) is 0. The van der Waals surface area contributed by atoms with Crippen molar-refractivity contribution < 1.29 is 9.90 Å². The first-order chi connectivity index (χ1) is 6.61. The molecule has 0 saturated heterocycles. The van der Waals surface area contributed by atoms with Gasteiger partial charge in [-0.05, 0) is 32.2 Å². The predicted octanol–water partition coefficient (Wildman–Crippen LogP) is 2.27. The second-order valence-electron chi connectivity index (χ2n) is 3.85. The van der Waals surface area contributed by atoms with Gasteiger partial charge >= 0.3 is 5.97 Å². The summed E-state index contributed by atoms with van der Waals surface area (Å²) < 4.78 is 0. The van der Waals surface area contributed by atoms with Crippen LogP contribution in [-0.2, 0) is 4.79 Å². The predicted molar refractivity (Wildman–Crippen MR) is 58.4 cm³/mol. The maximum absolute atomic E-state index is 10.5. The number of carboxylic acids is 1. The van der Waals surface area contributed by atoms with E-state index in [0.29, 0.717) is 6.04 Å². The van der Waals surface area contributed by atoms with Crippen molar-refractivity contribution in [3.8, 4) is 0 Å². The molecule has 0 radical (unpaired) electrons. The van der Waals surface area contributed by atoms with Crippen molar-refractivity contribution in [3.63, 3.8) is 0 Å². The van der Waals surface area contributed by atoms with Crippen molar-refractivity contribution in [2.24, 2.45) is 5.92 Å². The molecule has 3 nitrogen and oxygen atoms in total. The Morgan fingerprint density at radius 2 is 1.93 bits per heavy atom. The van der Waals surface area contributed by atoms with Crippen LogP contribution in [0.25, 0.3) is 0 Å². The monoisotopic (exact) mass is 201 g/mol. The zero-order valence-corrected chi connectivity index (χ0v) is 9.55. The van der Waals surface area contributed by atoms with Crippen molar-refractivity contribution >= 4 is 5.97 Å². The molecule has 0 fully saturated rings. The highest BCUT2D eigenvalue weighted by Gasteiger charge is 2.10. The van der Waals surface area contributed by atoms with Gasteiger partial charge in [0.05, 0.1) is 5.92 Å². The number of carbonyl (C=O) groups is 1. The smallest absolute Gasteiger partial charge is 0.306 e. The number of hydrogen-bond donors (Lipinski definition) is 2. The van der Waals surface area contributed by atoms with Crippen LogP contribution < -0.4 is 5.32 Å². The highest BCUT2D eigenvalue weighted by Crippen LogP contribution is 2.05. The van der Waals surface area contributed by atoms with Gasteiger partial charge in [0.25, 0.3) is 0 Å². The molecule has 0 amide bonds. The Labute approximate surface area is 86.9 Å². The maximum atomic E-state index is 10.5. The van der Waals surface area contributed by atoms with Gasteiger partial charge in [-0.2, -0.15) is 0 Å². The minimum Gasteiger partial charge on any atom is -0.481 e. The van der Waals surface area contributed by atoms with Crippen LogP contribution in [0, 0.1) is 5.92 Å². The lowest BCUT2D eigenvalue weighted by Crippen LogP contribution is -2.29. The molecule has 0 aromatic carbocycles. The van der Waals surface area contributed by atoms with E-state index in [1.54, 1.807) is 6.92 Å². The highest BCUT2D eigenvalue weighted by atomic mass is 16.4. The highest BCUT2D eigenvalue weighted by molar-refractivity contribution is 5.69. The molecule has 0 aromatic heterocycles. The minimum atomic E-state index is -0.687. The number of carboxylic acid groups (broad SMARTS) is 1. The zero-order chi connectivity index (χ0) is 11.0. The fraction of sp³-hybridized carbons (Fsp3) is 0.909. The van der Waals surface area contributed by atoms with E-state index in [1.807, 2.05) is 0 Å². The van der Waals surface area contributed by atoms with Gasteiger partial charge in [0.2, 0.25) is 0 Å². The molecule has 2 N–H and O–H groups in total. The summed E-state index contributed by atoms with van der Waals surface area (Å²) in [6.07, 6.45) is 4.00. The van der Waals surface area contributed by atoms with Gasteiger partial charge in [0.1, 0.15) is 0 Å². The molecule has 0 aliphatic rings. The van der Waals surface area contributed by atoms with Gasteiger partial charge < -0.3 is 10.4 Å². The number of rotatable bonds is 8. The first-order valence-corrected chi connectivity index (χ1v) is 5.57. The molecule has 0 aliphatic carbocycles. The Balaban J connectivity index is 3.41. The molecule has 0 saturated carbocycles. The van der Waals surface area contributed by atoms with E-state index in [9.17, 15) is 4.79 Å². The average Bonchev–Trinajstić information content (AvgIpc) is 2.17. The van der Waals surface area contributed by atoms with E-state index in [4.69, 9.17) is 5.11 Å². The van der Waals surface area contributed by atoms with E-state index >= 15 is 0 Å². The third-order valence-corrected chi connectivity index (χ3v) is 2.65. The summed E-state index contributed by atoms with van der Waals surface area (Å²) >= 11 is 0. The van der Waals surface area contributed by atoms with Gasteiger partial charge in [0.15, 0.2) is 0 Å². The van der Waals surface area contributed by atoms with Crippen LogP contribution >= 0.6 is 0 Å². The van der Waals surface area contributed by atoms with Crippen LogP contribution in [0.5, 0.6) is 0 Å². The molecule has 0 heterocycles. The third kappa shape index (κ3) is 5.97. The first-order valence-electron chi connectivity index (χ1n) is 5.57. The molecule has 0 rings (SSSR count). The van der Waals surface area contributed by atoms with Gasteiger partial charge in [-0.25, -0.2) is 0 Å². The summed E-state index contributed by atoms with van der Waals surface area (Å²) in [5.41, 5.74) is 0. The lowest BCUT2D eigenvalue weighted by molar-refractivity contribution is -0.141. The van der Waals surface area contributed by atoms with E-state index in [-0.39, 0.29) is 5.92 Å². The molecular formula is C11H23NO2. The Morgan fingerprint density at radius 3 is 2.36 bits per heavy atom. The second kappa shape index (κ2) is 7.80. The Hall–Kier alpha value is -0.570. The molecule has 14 heavy (non-hydrogen) atoms. The summed E-state index contributed by atoms with van der Waals surface area (Å²) in [6, 6.07) is 0.593. The Kier molecular flexibility index (Phi) is 7.48. The average molecular weight is 201 g/mol. The fourth-order valence-corrected chi connectivity index (χ4v) is 1.42. The molecule has 0 aliphatic heterocycles. The number of aliphatic carboxylic acids is 1. The topological polar surface area (TPSA) is 49.3 Å². The standard InChI is InChI=1S/C11H23NO2/c1-4-10(5-2)12-8-6-7-9(3)11(13)14/h9-10,12H,4-8H2,1-3H3,(H,13,14). The molecule has 0 bridgehead atoms. The maximum Gasteiger partial charge on any atom is 0.306 e. The molecule has 1 unspecified atom stereocenters. The fourth-order valence-electron chi connectivity index (χ4n) is 1.42. The number of nitrogens with one attached hydrogen (secondary N) is 1. The number of hydrogen-bond acceptors (Lipinski definition) is 2. The van der Waals surface area contributed by atoms with Gasteiger partial charge in [-0.1, -0.05) is 20.8 Å². The Bertz CT molecular complexity index is 155. The second-order valence-corrected chi connectivity index (χ2v) is 3.85. The van der Waals surface area contributed by atoms with Crippen LogP contribution in [-0.4, -0.2) is 23.7 Å². The summed E-state index contributed by atoms with van der Waals surface area (Å²) in [5.74, 6) is -0.897. The lowest BCUT2D eigenvalue weighted by Gasteiger charge is -2.14. The van der Waals surface area contributed by atoms with E-state index < -0.39 is 5.97 Å². The van der Waals surface area contributed by atoms with Crippen LogP contribution in [0.1, 0.15) is 46.5 Å². The molecular weight excluding hydrogens is 178 g/mol. The van der Waals surface area contributed by atoms with E-state index in [0.717, 1.165) is 32.2 Å². The van der Waals surface area contributed by atoms with Crippen molar-refractivity contribution in [1.29, 1.82) is 0 Å². The van der Waals surface area contributed by atoms with Crippen LogP contribution in [0.2, 0.25) is 0 Å².